The summed E-state index contributed by atoms with van der Waals surface area (Å²) in [5, 5.41) is 15.6. The molecule has 1 N–H and O–H groups in total. The Morgan fingerprint density at radius 3 is 2.96 bits per heavy atom. The average Bonchev–Trinajstić information content (AvgIpc) is 3.11. The van der Waals surface area contributed by atoms with Crippen LogP contribution in [0.4, 0.5) is 5.13 Å². The Bertz CT molecular complexity index is 1120. The van der Waals surface area contributed by atoms with Gasteiger partial charge in [-0.3, -0.25) is 0 Å². The molecule has 0 aliphatic carbocycles. The molecule has 0 saturated carbocycles. The molecule has 0 spiro atoms. The lowest BCUT2D eigenvalue weighted by Gasteiger charge is -2.07. The number of nitrogens with one attached hydrogen (secondary N) is 1. The summed E-state index contributed by atoms with van der Waals surface area (Å²) in [4.78, 5) is 12.0. The third-order valence-electron chi connectivity index (χ3n) is 4.00. The molecule has 132 valence electrons. The Kier molecular flexibility index (Phi) is 4.90. The zero-order valence-corrected chi connectivity index (χ0v) is 15.8. The summed E-state index contributed by atoms with van der Waals surface area (Å²) in [6.45, 7) is 3.00. The van der Waals surface area contributed by atoms with Crippen molar-refractivity contribution in [2.45, 2.75) is 23.4 Å². The standard InChI is InChI=1S/C19H17N3O2S2/c1-2-9-20-18-21-22-19(26-18)25-11-13-10-16(23)24-15-8-7-12-5-3-4-6-14(12)17(13)15/h3-8,10H,2,9,11H2,1H3,(H,20,21). The first kappa shape index (κ1) is 17.1. The molecule has 26 heavy (non-hydrogen) atoms. The van der Waals surface area contributed by atoms with Crippen molar-refractivity contribution >= 4 is 50.0 Å². The molecule has 0 atom stereocenters. The van der Waals surface area contributed by atoms with Crippen LogP contribution in [-0.2, 0) is 5.75 Å². The lowest BCUT2D eigenvalue weighted by Crippen LogP contribution is -2.00. The SMILES string of the molecule is CCCNc1nnc(SCc2cc(=O)oc3ccc4ccccc4c23)s1. The van der Waals surface area contributed by atoms with Gasteiger partial charge in [-0.2, -0.15) is 0 Å². The van der Waals surface area contributed by atoms with Crippen molar-refractivity contribution in [3.8, 4) is 0 Å². The van der Waals surface area contributed by atoms with Gasteiger partial charge in [-0.15, -0.1) is 10.2 Å². The molecule has 0 saturated heterocycles. The van der Waals surface area contributed by atoms with Gasteiger partial charge in [-0.25, -0.2) is 4.79 Å². The van der Waals surface area contributed by atoms with Gasteiger partial charge in [0.1, 0.15) is 5.58 Å². The third kappa shape index (κ3) is 3.45. The highest BCUT2D eigenvalue weighted by atomic mass is 32.2. The van der Waals surface area contributed by atoms with Gasteiger partial charge in [0, 0.05) is 23.8 Å². The highest BCUT2D eigenvalue weighted by Crippen LogP contribution is 2.33. The van der Waals surface area contributed by atoms with E-state index in [9.17, 15) is 4.79 Å². The van der Waals surface area contributed by atoms with Crippen LogP contribution in [0.25, 0.3) is 21.7 Å². The summed E-state index contributed by atoms with van der Waals surface area (Å²) in [7, 11) is 0. The molecule has 5 nitrogen and oxygen atoms in total. The number of benzene rings is 2. The van der Waals surface area contributed by atoms with E-state index in [0.29, 0.717) is 11.3 Å². The first-order chi connectivity index (χ1) is 12.7. The van der Waals surface area contributed by atoms with Crippen LogP contribution in [0, 0.1) is 0 Å². The van der Waals surface area contributed by atoms with Crippen LogP contribution in [0.3, 0.4) is 0 Å². The van der Waals surface area contributed by atoms with E-state index in [1.54, 1.807) is 17.8 Å². The highest BCUT2D eigenvalue weighted by Gasteiger charge is 2.11. The Balaban J connectivity index is 1.68. The van der Waals surface area contributed by atoms with E-state index >= 15 is 0 Å². The fourth-order valence-corrected chi connectivity index (χ4v) is 4.60. The smallest absolute Gasteiger partial charge is 0.336 e. The minimum absolute atomic E-state index is 0.328. The molecule has 2 heterocycles. The van der Waals surface area contributed by atoms with E-state index in [4.69, 9.17) is 4.42 Å². The summed E-state index contributed by atoms with van der Waals surface area (Å²) in [5.74, 6) is 0.637. The normalized spacial score (nSPS) is 11.3. The molecule has 4 rings (SSSR count). The van der Waals surface area contributed by atoms with Crippen LogP contribution in [0.2, 0.25) is 0 Å². The molecule has 0 unspecified atom stereocenters. The van der Waals surface area contributed by atoms with E-state index in [-0.39, 0.29) is 5.63 Å². The summed E-state index contributed by atoms with van der Waals surface area (Å²) < 4.78 is 6.29. The quantitative estimate of drug-likeness (QED) is 0.290. The van der Waals surface area contributed by atoms with Crippen LogP contribution >= 0.6 is 23.1 Å². The minimum atomic E-state index is -0.328. The molecule has 4 aromatic rings. The third-order valence-corrected chi connectivity index (χ3v) is 6.06. The van der Waals surface area contributed by atoms with Gasteiger partial charge in [-0.1, -0.05) is 60.4 Å². The molecular weight excluding hydrogens is 366 g/mol. The zero-order valence-electron chi connectivity index (χ0n) is 14.2. The molecule has 7 heteroatoms. The minimum Gasteiger partial charge on any atom is -0.423 e. The van der Waals surface area contributed by atoms with Crippen molar-refractivity contribution in [3.05, 3.63) is 58.4 Å². The first-order valence-corrected chi connectivity index (χ1v) is 10.2. The number of anilines is 1. The Morgan fingerprint density at radius 2 is 2.08 bits per heavy atom. The van der Waals surface area contributed by atoms with Crippen molar-refractivity contribution < 1.29 is 4.42 Å². The van der Waals surface area contributed by atoms with Crippen LogP contribution < -0.4 is 10.9 Å². The van der Waals surface area contributed by atoms with Gasteiger partial charge < -0.3 is 9.73 Å². The number of hydrogen-bond donors (Lipinski definition) is 1. The Hall–Kier alpha value is -2.38. The molecule has 0 aliphatic heterocycles. The predicted molar refractivity (Wildman–Crippen MR) is 108 cm³/mol. The number of thioether (sulfide) groups is 1. The van der Waals surface area contributed by atoms with Gasteiger partial charge in [0.15, 0.2) is 4.34 Å². The molecule has 0 radical (unpaired) electrons. The lowest BCUT2D eigenvalue weighted by molar-refractivity contribution is 0.560. The van der Waals surface area contributed by atoms with Gasteiger partial charge in [0.25, 0.3) is 0 Å². The fourth-order valence-electron chi connectivity index (χ4n) is 2.84. The maximum atomic E-state index is 12.0. The van der Waals surface area contributed by atoms with Crippen LogP contribution in [0.1, 0.15) is 18.9 Å². The monoisotopic (exact) mass is 383 g/mol. The second-order valence-electron chi connectivity index (χ2n) is 5.84. The van der Waals surface area contributed by atoms with Crippen molar-refractivity contribution in [2.75, 3.05) is 11.9 Å². The van der Waals surface area contributed by atoms with Crippen molar-refractivity contribution in [1.82, 2.24) is 10.2 Å². The van der Waals surface area contributed by atoms with Gasteiger partial charge >= 0.3 is 5.63 Å². The molecular formula is C19H17N3O2S2. The summed E-state index contributed by atoms with van der Waals surface area (Å²) in [6.07, 6.45) is 1.04. The second kappa shape index (κ2) is 7.47. The largest absolute Gasteiger partial charge is 0.423 e. The van der Waals surface area contributed by atoms with Gasteiger partial charge in [0.2, 0.25) is 5.13 Å². The van der Waals surface area contributed by atoms with Crippen LogP contribution in [0.15, 0.2) is 56.0 Å². The molecule has 0 aliphatic rings. The van der Waals surface area contributed by atoms with Crippen molar-refractivity contribution in [2.24, 2.45) is 0 Å². The van der Waals surface area contributed by atoms with Gasteiger partial charge in [-0.05, 0) is 28.8 Å². The zero-order chi connectivity index (χ0) is 17.9. The number of hydrogen-bond acceptors (Lipinski definition) is 7. The summed E-state index contributed by atoms with van der Waals surface area (Å²) >= 11 is 3.12. The Labute approximate surface area is 158 Å². The summed E-state index contributed by atoms with van der Waals surface area (Å²) in [6, 6.07) is 13.6. The maximum Gasteiger partial charge on any atom is 0.336 e. The van der Waals surface area contributed by atoms with E-state index in [1.807, 2.05) is 24.3 Å². The first-order valence-electron chi connectivity index (χ1n) is 8.39. The number of fused-ring (bicyclic) bond motifs is 3. The van der Waals surface area contributed by atoms with Gasteiger partial charge in [0.05, 0.1) is 0 Å². The van der Waals surface area contributed by atoms with E-state index < -0.39 is 0 Å². The van der Waals surface area contributed by atoms with E-state index in [1.165, 1.54) is 11.3 Å². The van der Waals surface area contributed by atoms with Crippen molar-refractivity contribution in [1.29, 1.82) is 0 Å². The lowest BCUT2D eigenvalue weighted by atomic mass is 10.0. The van der Waals surface area contributed by atoms with E-state index in [2.05, 4.69) is 34.6 Å². The summed E-state index contributed by atoms with van der Waals surface area (Å²) in [5.41, 5.74) is 1.25. The topological polar surface area (TPSA) is 68.0 Å². The van der Waals surface area contributed by atoms with Crippen LogP contribution in [0.5, 0.6) is 0 Å². The van der Waals surface area contributed by atoms with E-state index in [0.717, 1.165) is 44.2 Å². The number of rotatable bonds is 6. The average molecular weight is 383 g/mol. The molecule has 2 aromatic heterocycles. The number of aromatic nitrogens is 2. The molecule has 2 aromatic carbocycles. The molecule has 0 bridgehead atoms. The fraction of sp³-hybridized carbons (Fsp3) is 0.211. The Morgan fingerprint density at radius 1 is 1.19 bits per heavy atom. The molecule has 0 fully saturated rings. The highest BCUT2D eigenvalue weighted by molar-refractivity contribution is 8.00. The van der Waals surface area contributed by atoms with Crippen molar-refractivity contribution in [3.63, 3.8) is 0 Å². The predicted octanol–water partition coefficient (Wildman–Crippen LogP) is 4.91. The molecule has 0 amide bonds. The maximum absolute atomic E-state index is 12.0. The second-order valence-corrected chi connectivity index (χ2v) is 8.04. The van der Waals surface area contributed by atoms with Crippen LogP contribution in [-0.4, -0.2) is 16.7 Å². The number of nitrogens with zero attached hydrogens (tertiary/aromatic N) is 2.